The highest BCUT2D eigenvalue weighted by atomic mass is 15.4. The number of rotatable bonds is 3. The number of aromatic nitrogens is 5. The fourth-order valence-electron chi connectivity index (χ4n) is 2.08. The van der Waals surface area contributed by atoms with Gasteiger partial charge in [-0.25, -0.2) is 5.43 Å². The zero-order valence-electron chi connectivity index (χ0n) is 10.5. The molecule has 3 N–H and O–H groups in total. The molecule has 7 nitrogen and oxygen atoms in total. The molecular weight excluding hydrogens is 218 g/mol. The van der Waals surface area contributed by atoms with Gasteiger partial charge in [-0.2, -0.15) is 5.10 Å². The summed E-state index contributed by atoms with van der Waals surface area (Å²) in [7, 11) is 3.76. The Bertz CT molecular complexity index is 525. The lowest BCUT2D eigenvalue weighted by Gasteiger charge is -2.16. The van der Waals surface area contributed by atoms with Crippen LogP contribution in [0, 0.1) is 13.8 Å². The van der Waals surface area contributed by atoms with E-state index in [0.717, 1.165) is 22.6 Å². The maximum absolute atomic E-state index is 5.66. The van der Waals surface area contributed by atoms with E-state index in [1.54, 1.807) is 10.9 Å². The Hall–Kier alpha value is -1.73. The van der Waals surface area contributed by atoms with Gasteiger partial charge >= 0.3 is 0 Å². The second-order valence-corrected chi connectivity index (χ2v) is 4.09. The molecule has 2 rings (SSSR count). The Morgan fingerprint density at radius 3 is 2.41 bits per heavy atom. The van der Waals surface area contributed by atoms with Crippen molar-refractivity contribution in [2.24, 2.45) is 19.9 Å². The summed E-state index contributed by atoms with van der Waals surface area (Å²) in [6.45, 7) is 3.99. The molecule has 92 valence electrons. The molecule has 0 aliphatic carbocycles. The number of nitrogens with zero attached hydrogens (tertiary/aromatic N) is 5. The molecule has 0 aliphatic rings. The summed E-state index contributed by atoms with van der Waals surface area (Å²) < 4.78 is 3.55. The van der Waals surface area contributed by atoms with E-state index in [-0.39, 0.29) is 6.04 Å². The molecule has 0 bridgehead atoms. The van der Waals surface area contributed by atoms with Crippen LogP contribution in [0.1, 0.15) is 28.7 Å². The number of hydrazine groups is 1. The van der Waals surface area contributed by atoms with Crippen molar-refractivity contribution in [3.05, 3.63) is 28.8 Å². The van der Waals surface area contributed by atoms with Crippen LogP contribution in [0.5, 0.6) is 0 Å². The number of aryl methyl sites for hydroxylation is 3. The minimum absolute atomic E-state index is 0.149. The molecular formula is C10H17N7. The van der Waals surface area contributed by atoms with Gasteiger partial charge in [-0.05, 0) is 13.8 Å². The van der Waals surface area contributed by atoms with Gasteiger partial charge in [-0.1, -0.05) is 5.21 Å². The van der Waals surface area contributed by atoms with Crippen molar-refractivity contribution in [3.8, 4) is 0 Å². The van der Waals surface area contributed by atoms with Gasteiger partial charge in [0.1, 0.15) is 0 Å². The first-order valence-corrected chi connectivity index (χ1v) is 5.37. The topological polar surface area (TPSA) is 86.6 Å². The minimum Gasteiger partial charge on any atom is -0.272 e. The normalized spacial score (nSPS) is 13.0. The summed E-state index contributed by atoms with van der Waals surface area (Å²) in [5.41, 5.74) is 6.81. The summed E-state index contributed by atoms with van der Waals surface area (Å²) in [5.74, 6) is 5.66. The van der Waals surface area contributed by atoms with Crippen LogP contribution in [0.2, 0.25) is 0 Å². The molecule has 2 aromatic rings. The molecule has 1 atom stereocenters. The molecule has 0 spiro atoms. The van der Waals surface area contributed by atoms with Gasteiger partial charge in [0, 0.05) is 25.4 Å². The van der Waals surface area contributed by atoms with Crippen LogP contribution in [0.4, 0.5) is 0 Å². The second-order valence-electron chi connectivity index (χ2n) is 4.09. The van der Waals surface area contributed by atoms with Crippen molar-refractivity contribution in [1.82, 2.24) is 30.2 Å². The van der Waals surface area contributed by atoms with Crippen LogP contribution >= 0.6 is 0 Å². The third-order valence-corrected chi connectivity index (χ3v) is 3.07. The largest absolute Gasteiger partial charge is 0.272 e. The fraction of sp³-hybridized carbons (Fsp3) is 0.500. The third-order valence-electron chi connectivity index (χ3n) is 3.07. The number of nitrogens with two attached hydrogens (primary N) is 1. The van der Waals surface area contributed by atoms with Crippen molar-refractivity contribution in [1.29, 1.82) is 0 Å². The van der Waals surface area contributed by atoms with Crippen molar-refractivity contribution in [3.63, 3.8) is 0 Å². The van der Waals surface area contributed by atoms with Crippen LogP contribution in [-0.4, -0.2) is 24.8 Å². The van der Waals surface area contributed by atoms with Crippen LogP contribution in [-0.2, 0) is 14.1 Å². The number of hydrogen-bond donors (Lipinski definition) is 2. The van der Waals surface area contributed by atoms with Gasteiger partial charge in [0.05, 0.1) is 23.6 Å². The first kappa shape index (κ1) is 11.7. The molecule has 2 aromatic heterocycles. The maximum Gasteiger partial charge on any atom is 0.0930 e. The molecule has 0 radical (unpaired) electrons. The predicted octanol–water partition coefficient (Wildman–Crippen LogP) is -0.282. The Balaban J connectivity index is 2.53. The highest BCUT2D eigenvalue weighted by Crippen LogP contribution is 2.25. The third kappa shape index (κ3) is 1.83. The van der Waals surface area contributed by atoms with Crippen LogP contribution in [0.25, 0.3) is 0 Å². The fourth-order valence-corrected chi connectivity index (χ4v) is 2.08. The summed E-state index contributed by atoms with van der Waals surface area (Å²) >= 11 is 0. The smallest absolute Gasteiger partial charge is 0.0930 e. The molecule has 0 saturated heterocycles. The van der Waals surface area contributed by atoms with E-state index < -0.39 is 0 Å². The lowest BCUT2D eigenvalue weighted by molar-refractivity contribution is 0.565. The lowest BCUT2D eigenvalue weighted by atomic mass is 10.0. The lowest BCUT2D eigenvalue weighted by Crippen LogP contribution is -2.31. The Kier molecular flexibility index (Phi) is 2.95. The zero-order valence-corrected chi connectivity index (χ0v) is 10.5. The van der Waals surface area contributed by atoms with Gasteiger partial charge < -0.3 is 0 Å². The predicted molar refractivity (Wildman–Crippen MR) is 62.9 cm³/mol. The minimum atomic E-state index is -0.149. The van der Waals surface area contributed by atoms with Gasteiger partial charge in [-0.3, -0.25) is 15.2 Å². The molecule has 1 unspecified atom stereocenters. The van der Waals surface area contributed by atoms with Gasteiger partial charge in [-0.15, -0.1) is 5.10 Å². The average molecular weight is 235 g/mol. The van der Waals surface area contributed by atoms with Crippen LogP contribution < -0.4 is 11.3 Å². The Morgan fingerprint density at radius 2 is 2.00 bits per heavy atom. The number of hydrogen-bond acceptors (Lipinski definition) is 5. The molecule has 0 aromatic carbocycles. The number of nitrogens with one attached hydrogen (secondary N) is 1. The molecule has 0 aliphatic heterocycles. The van der Waals surface area contributed by atoms with E-state index in [2.05, 4.69) is 20.8 Å². The van der Waals surface area contributed by atoms with E-state index in [1.165, 1.54) is 0 Å². The van der Waals surface area contributed by atoms with Crippen molar-refractivity contribution in [2.45, 2.75) is 19.9 Å². The van der Waals surface area contributed by atoms with E-state index in [0.29, 0.717) is 0 Å². The second kappa shape index (κ2) is 4.27. The molecule has 0 fully saturated rings. The van der Waals surface area contributed by atoms with Crippen molar-refractivity contribution < 1.29 is 0 Å². The highest BCUT2D eigenvalue weighted by Gasteiger charge is 2.23. The van der Waals surface area contributed by atoms with E-state index in [4.69, 9.17) is 5.84 Å². The van der Waals surface area contributed by atoms with Gasteiger partial charge in [0.25, 0.3) is 0 Å². The van der Waals surface area contributed by atoms with Crippen molar-refractivity contribution >= 4 is 0 Å². The Morgan fingerprint density at radius 1 is 1.29 bits per heavy atom. The van der Waals surface area contributed by atoms with Gasteiger partial charge in [0.2, 0.25) is 0 Å². The van der Waals surface area contributed by atoms with Crippen molar-refractivity contribution in [2.75, 3.05) is 0 Å². The first-order valence-electron chi connectivity index (χ1n) is 5.37. The zero-order chi connectivity index (χ0) is 12.6. The maximum atomic E-state index is 5.66. The quantitative estimate of drug-likeness (QED) is 0.564. The van der Waals surface area contributed by atoms with Crippen LogP contribution in [0.3, 0.4) is 0 Å². The molecule has 0 saturated carbocycles. The monoisotopic (exact) mass is 235 g/mol. The summed E-state index contributed by atoms with van der Waals surface area (Å²) in [6, 6.07) is -0.149. The van der Waals surface area contributed by atoms with Crippen LogP contribution in [0.15, 0.2) is 6.20 Å². The first-order chi connectivity index (χ1) is 8.06. The molecule has 17 heavy (non-hydrogen) atoms. The summed E-state index contributed by atoms with van der Waals surface area (Å²) in [4.78, 5) is 0. The molecule has 7 heteroatoms. The van der Waals surface area contributed by atoms with E-state index in [9.17, 15) is 0 Å². The molecule has 2 heterocycles. The summed E-state index contributed by atoms with van der Waals surface area (Å²) in [5, 5.41) is 12.2. The SMILES string of the molecule is Cc1nn(C)c(C)c1C(NN)c1cnnn1C. The molecule has 0 amide bonds. The Labute approximate surface area is 99.6 Å². The van der Waals surface area contributed by atoms with Gasteiger partial charge in [0.15, 0.2) is 0 Å². The highest BCUT2D eigenvalue weighted by molar-refractivity contribution is 5.33. The average Bonchev–Trinajstić information content (AvgIpc) is 2.79. The summed E-state index contributed by atoms with van der Waals surface area (Å²) in [6.07, 6.45) is 1.70. The standard InChI is InChI=1S/C10H17N7/c1-6-9(7(2)16(3)14-6)10(13-11)8-5-12-15-17(8)4/h5,10,13H,11H2,1-4H3. The van der Waals surface area contributed by atoms with E-state index >= 15 is 0 Å². The van der Waals surface area contributed by atoms with E-state index in [1.807, 2.05) is 32.6 Å².